The minimum atomic E-state index is -0.355. The number of ether oxygens (including phenoxy) is 2. The van der Waals surface area contributed by atoms with Crippen molar-refractivity contribution in [3.63, 3.8) is 0 Å². The number of benzene rings is 1. The van der Waals surface area contributed by atoms with Crippen molar-refractivity contribution in [3.05, 3.63) is 34.3 Å². The highest BCUT2D eigenvalue weighted by Crippen LogP contribution is 2.16. The number of halogens is 1. The van der Waals surface area contributed by atoms with Gasteiger partial charge in [-0.25, -0.2) is 0 Å². The zero-order valence-corrected chi connectivity index (χ0v) is 18.8. The molecule has 0 atom stereocenters. The van der Waals surface area contributed by atoms with Gasteiger partial charge in [-0.05, 0) is 18.1 Å². The Balaban J connectivity index is 1.94. The van der Waals surface area contributed by atoms with Crippen LogP contribution >= 0.6 is 15.9 Å². The van der Waals surface area contributed by atoms with Crippen LogP contribution in [0.4, 0.5) is 0 Å². The summed E-state index contributed by atoms with van der Waals surface area (Å²) in [6, 6.07) is 7.84. The monoisotopic (exact) mass is 454 g/mol. The summed E-state index contributed by atoms with van der Waals surface area (Å²) in [7, 11) is 0. The summed E-state index contributed by atoms with van der Waals surface area (Å²) in [4.78, 5) is 23.4. The minimum absolute atomic E-state index is 0.0759. The molecule has 0 aliphatic heterocycles. The molecule has 5 heteroatoms. The van der Waals surface area contributed by atoms with E-state index >= 15 is 0 Å². The Hall–Kier alpha value is -1.36. The number of carbonyl (C=O) groups is 2. The SMILES string of the molecule is CCCCCCCCCCCOC(=O)CCC(=O)OCCc1ccccc1Br. The molecule has 0 saturated carbocycles. The summed E-state index contributed by atoms with van der Waals surface area (Å²) < 4.78 is 11.4. The van der Waals surface area contributed by atoms with Gasteiger partial charge in [-0.3, -0.25) is 9.59 Å². The van der Waals surface area contributed by atoms with Gasteiger partial charge in [0.25, 0.3) is 0 Å². The first-order valence-electron chi connectivity index (χ1n) is 10.7. The number of hydrogen-bond donors (Lipinski definition) is 0. The Labute approximate surface area is 178 Å². The van der Waals surface area contributed by atoms with Crippen molar-refractivity contribution in [2.24, 2.45) is 0 Å². The lowest BCUT2D eigenvalue weighted by atomic mass is 10.1. The molecule has 0 N–H and O–H groups in total. The molecule has 0 aliphatic rings. The van der Waals surface area contributed by atoms with Gasteiger partial charge in [0.15, 0.2) is 0 Å². The molecule has 28 heavy (non-hydrogen) atoms. The quantitative estimate of drug-likeness (QED) is 0.214. The predicted octanol–water partition coefficient (Wildman–Crippen LogP) is 6.39. The van der Waals surface area contributed by atoms with E-state index in [1.54, 1.807) is 0 Å². The second kappa shape index (κ2) is 16.6. The Morgan fingerprint density at radius 1 is 0.786 bits per heavy atom. The molecule has 0 saturated heterocycles. The van der Waals surface area contributed by atoms with Crippen LogP contribution in [-0.2, 0) is 25.5 Å². The summed E-state index contributed by atoms with van der Waals surface area (Å²) >= 11 is 3.47. The molecule has 0 amide bonds. The van der Waals surface area contributed by atoms with Gasteiger partial charge in [0, 0.05) is 10.9 Å². The Morgan fingerprint density at radius 3 is 1.93 bits per heavy atom. The molecule has 158 valence electrons. The molecule has 0 aromatic heterocycles. The summed E-state index contributed by atoms with van der Waals surface area (Å²) in [6.07, 6.45) is 11.9. The Kier molecular flexibility index (Phi) is 14.6. The highest BCUT2D eigenvalue weighted by Gasteiger charge is 2.09. The van der Waals surface area contributed by atoms with E-state index in [1.807, 2.05) is 24.3 Å². The zero-order chi connectivity index (χ0) is 20.5. The smallest absolute Gasteiger partial charge is 0.306 e. The first kappa shape index (κ1) is 24.7. The van der Waals surface area contributed by atoms with Crippen LogP contribution in [0.1, 0.15) is 83.1 Å². The number of rotatable bonds is 16. The van der Waals surface area contributed by atoms with E-state index < -0.39 is 0 Å². The molecule has 4 nitrogen and oxygen atoms in total. The topological polar surface area (TPSA) is 52.6 Å². The molecule has 1 rings (SSSR count). The predicted molar refractivity (Wildman–Crippen MR) is 116 cm³/mol. The van der Waals surface area contributed by atoms with Gasteiger partial charge in [0.1, 0.15) is 0 Å². The molecule has 0 fully saturated rings. The standard InChI is InChI=1S/C23H35BrO4/c1-2-3-4-5-6-7-8-9-12-18-27-22(25)15-16-23(26)28-19-17-20-13-10-11-14-21(20)24/h10-11,13-14H,2-9,12,15-19H2,1H3. The van der Waals surface area contributed by atoms with Crippen molar-refractivity contribution < 1.29 is 19.1 Å². The first-order chi connectivity index (χ1) is 13.6. The fraction of sp³-hybridized carbons (Fsp3) is 0.652. The average Bonchev–Trinajstić information content (AvgIpc) is 2.69. The molecule has 0 heterocycles. The Bertz CT molecular complexity index is 559. The van der Waals surface area contributed by atoms with Crippen molar-refractivity contribution >= 4 is 27.9 Å². The lowest BCUT2D eigenvalue weighted by molar-refractivity contribution is -0.150. The van der Waals surface area contributed by atoms with Crippen LogP contribution in [0.2, 0.25) is 0 Å². The summed E-state index contributed by atoms with van der Waals surface area (Å²) in [5.74, 6) is -0.672. The average molecular weight is 455 g/mol. The van der Waals surface area contributed by atoms with Gasteiger partial charge in [-0.1, -0.05) is 92.4 Å². The Morgan fingerprint density at radius 2 is 1.32 bits per heavy atom. The number of hydrogen-bond acceptors (Lipinski definition) is 4. The number of unbranched alkanes of at least 4 members (excludes halogenated alkanes) is 8. The van der Waals surface area contributed by atoms with E-state index in [-0.39, 0.29) is 24.8 Å². The van der Waals surface area contributed by atoms with E-state index in [1.165, 1.54) is 44.9 Å². The van der Waals surface area contributed by atoms with Crippen LogP contribution in [0.25, 0.3) is 0 Å². The van der Waals surface area contributed by atoms with Crippen molar-refractivity contribution in [2.45, 2.75) is 84.0 Å². The van der Waals surface area contributed by atoms with Crippen LogP contribution < -0.4 is 0 Å². The third-order valence-electron chi connectivity index (χ3n) is 4.64. The molecule has 0 spiro atoms. The van der Waals surface area contributed by atoms with Crippen LogP contribution in [-0.4, -0.2) is 25.2 Å². The van der Waals surface area contributed by atoms with Crippen LogP contribution in [0.5, 0.6) is 0 Å². The highest BCUT2D eigenvalue weighted by atomic mass is 79.9. The fourth-order valence-electron chi connectivity index (χ4n) is 2.92. The third kappa shape index (κ3) is 12.9. The number of carbonyl (C=O) groups excluding carboxylic acids is 2. The highest BCUT2D eigenvalue weighted by molar-refractivity contribution is 9.10. The second-order valence-corrected chi connectivity index (χ2v) is 7.97. The van der Waals surface area contributed by atoms with Gasteiger partial charge in [0.2, 0.25) is 0 Å². The molecule has 0 bridgehead atoms. The molecule has 1 aromatic carbocycles. The molecule has 0 unspecified atom stereocenters. The van der Waals surface area contributed by atoms with Crippen LogP contribution in [0, 0.1) is 0 Å². The lowest BCUT2D eigenvalue weighted by Gasteiger charge is -2.07. The van der Waals surface area contributed by atoms with Crippen molar-refractivity contribution in [1.29, 1.82) is 0 Å². The van der Waals surface area contributed by atoms with E-state index in [0.29, 0.717) is 19.6 Å². The third-order valence-corrected chi connectivity index (χ3v) is 5.41. The normalized spacial score (nSPS) is 10.6. The maximum atomic E-state index is 11.7. The first-order valence-corrected chi connectivity index (χ1v) is 11.5. The second-order valence-electron chi connectivity index (χ2n) is 7.11. The maximum Gasteiger partial charge on any atom is 0.306 e. The van der Waals surface area contributed by atoms with Crippen LogP contribution in [0.15, 0.2) is 28.7 Å². The van der Waals surface area contributed by atoms with Crippen LogP contribution in [0.3, 0.4) is 0 Å². The zero-order valence-electron chi connectivity index (χ0n) is 17.2. The van der Waals surface area contributed by atoms with Gasteiger partial charge in [0.05, 0.1) is 26.1 Å². The van der Waals surface area contributed by atoms with E-state index in [0.717, 1.165) is 22.9 Å². The van der Waals surface area contributed by atoms with Gasteiger partial charge in [-0.2, -0.15) is 0 Å². The maximum absolute atomic E-state index is 11.7. The molecular weight excluding hydrogens is 420 g/mol. The summed E-state index contributed by atoms with van der Waals surface area (Å²) in [5, 5.41) is 0. The minimum Gasteiger partial charge on any atom is -0.466 e. The lowest BCUT2D eigenvalue weighted by Crippen LogP contribution is -2.12. The number of esters is 2. The van der Waals surface area contributed by atoms with Gasteiger partial charge < -0.3 is 9.47 Å². The van der Waals surface area contributed by atoms with Crippen molar-refractivity contribution in [3.8, 4) is 0 Å². The molecular formula is C23H35BrO4. The molecule has 0 aliphatic carbocycles. The summed E-state index contributed by atoms with van der Waals surface area (Å²) in [5.41, 5.74) is 1.09. The van der Waals surface area contributed by atoms with Crippen molar-refractivity contribution in [1.82, 2.24) is 0 Å². The molecule has 0 radical (unpaired) electrons. The van der Waals surface area contributed by atoms with E-state index in [4.69, 9.17) is 9.47 Å². The molecule has 1 aromatic rings. The van der Waals surface area contributed by atoms with E-state index in [2.05, 4.69) is 22.9 Å². The summed E-state index contributed by atoms with van der Waals surface area (Å²) in [6.45, 7) is 3.00. The van der Waals surface area contributed by atoms with Gasteiger partial charge >= 0.3 is 11.9 Å². The largest absolute Gasteiger partial charge is 0.466 e. The van der Waals surface area contributed by atoms with E-state index in [9.17, 15) is 9.59 Å². The van der Waals surface area contributed by atoms with Crippen molar-refractivity contribution in [2.75, 3.05) is 13.2 Å². The van der Waals surface area contributed by atoms with Gasteiger partial charge in [-0.15, -0.1) is 0 Å². The fourth-order valence-corrected chi connectivity index (χ4v) is 3.41.